The van der Waals surface area contributed by atoms with Gasteiger partial charge in [-0.05, 0) is 67.1 Å². The fraction of sp³-hybridized carbons (Fsp3) is 0.120. The maximum absolute atomic E-state index is 12.3. The number of thiocarbonyl (C=S) groups is 1. The summed E-state index contributed by atoms with van der Waals surface area (Å²) in [5, 5.41) is 5.84. The van der Waals surface area contributed by atoms with Gasteiger partial charge in [0.25, 0.3) is 0 Å². The molecule has 0 radical (unpaired) electrons. The number of carbonyl (C=O) groups is 1. The number of hydrogen-bond donors (Lipinski definition) is 3. The van der Waals surface area contributed by atoms with E-state index in [-0.39, 0.29) is 23.9 Å². The predicted molar refractivity (Wildman–Crippen MR) is 139 cm³/mol. The van der Waals surface area contributed by atoms with Gasteiger partial charge < -0.3 is 21.1 Å². The number of para-hydroxylation sites is 1. The third-order valence-corrected chi connectivity index (χ3v) is 4.93. The maximum atomic E-state index is 12.3. The Bertz CT molecular complexity index is 1270. The third kappa shape index (κ3) is 8.51. The molecular formula is C25H22F3N5O2S. The van der Waals surface area contributed by atoms with Gasteiger partial charge in [-0.2, -0.15) is 0 Å². The van der Waals surface area contributed by atoms with Gasteiger partial charge in [0, 0.05) is 16.9 Å². The van der Waals surface area contributed by atoms with Gasteiger partial charge in [-0.3, -0.25) is 4.79 Å². The first-order chi connectivity index (χ1) is 17.1. The number of nitrogens with one attached hydrogen (secondary N) is 2. The minimum Gasteiger partial charge on any atom is -0.406 e. The monoisotopic (exact) mass is 513 g/mol. The molecule has 0 aliphatic heterocycles. The summed E-state index contributed by atoms with van der Waals surface area (Å²) in [5.74, 6) is -0.451. The van der Waals surface area contributed by atoms with Gasteiger partial charge in [0.05, 0.1) is 17.1 Å². The number of rotatable bonds is 8. The van der Waals surface area contributed by atoms with Crippen molar-refractivity contribution in [2.24, 2.45) is 15.7 Å². The van der Waals surface area contributed by atoms with Crippen LogP contribution in [-0.4, -0.2) is 29.4 Å². The van der Waals surface area contributed by atoms with Gasteiger partial charge in [0.2, 0.25) is 5.91 Å². The van der Waals surface area contributed by atoms with E-state index in [2.05, 4.69) is 25.4 Å². The van der Waals surface area contributed by atoms with E-state index in [1.807, 2.05) is 31.2 Å². The lowest BCUT2D eigenvalue weighted by Gasteiger charge is -2.11. The van der Waals surface area contributed by atoms with E-state index in [1.54, 1.807) is 24.3 Å². The lowest BCUT2D eigenvalue weighted by Crippen LogP contribution is -2.20. The molecule has 0 bridgehead atoms. The number of ether oxygens (including phenoxy) is 1. The molecule has 3 rings (SSSR count). The van der Waals surface area contributed by atoms with Crippen molar-refractivity contribution in [3.63, 3.8) is 0 Å². The highest BCUT2D eigenvalue weighted by atomic mass is 32.1. The number of anilines is 2. The summed E-state index contributed by atoms with van der Waals surface area (Å²) in [6.45, 7) is 1.95. The summed E-state index contributed by atoms with van der Waals surface area (Å²) in [4.78, 5) is 20.8. The molecule has 7 nitrogen and oxygen atoms in total. The highest BCUT2D eigenvalue weighted by Crippen LogP contribution is 2.24. The van der Waals surface area contributed by atoms with Crippen molar-refractivity contribution in [1.82, 2.24) is 0 Å². The molecule has 186 valence electrons. The molecule has 0 aliphatic carbocycles. The van der Waals surface area contributed by atoms with Crippen molar-refractivity contribution in [2.75, 3.05) is 10.6 Å². The van der Waals surface area contributed by atoms with E-state index < -0.39 is 6.36 Å². The zero-order valence-electron chi connectivity index (χ0n) is 19.0. The second-order valence-corrected chi connectivity index (χ2v) is 7.96. The molecule has 4 N–H and O–H groups in total. The van der Waals surface area contributed by atoms with Crippen molar-refractivity contribution >= 4 is 52.3 Å². The lowest BCUT2D eigenvalue weighted by molar-refractivity contribution is -0.274. The standard InChI is InChI=1S/C25H22F3N5O2S/c1-16-4-2-3-5-21(16)33-23(36)14-22(34)32-19-8-6-17(7-9-19)24(29)31-15-30-18-10-12-20(13-11-18)35-25(26,27)28/h2-13,15H,14H2,1H3,(H,32,34)(H,33,36)(H2,29,30,31). The fourth-order valence-corrected chi connectivity index (χ4v) is 3.19. The van der Waals surface area contributed by atoms with Crippen molar-refractivity contribution < 1.29 is 22.7 Å². The van der Waals surface area contributed by atoms with Crippen molar-refractivity contribution in [3.05, 3.63) is 83.9 Å². The summed E-state index contributed by atoms with van der Waals surface area (Å²) in [5.41, 5.74) is 9.35. The number of alkyl halides is 3. The van der Waals surface area contributed by atoms with Crippen LogP contribution in [0.2, 0.25) is 0 Å². The van der Waals surface area contributed by atoms with Crippen LogP contribution in [0.25, 0.3) is 0 Å². The number of halogens is 3. The van der Waals surface area contributed by atoms with Gasteiger partial charge in [0.1, 0.15) is 17.9 Å². The van der Waals surface area contributed by atoms with Crippen LogP contribution in [0.5, 0.6) is 5.75 Å². The van der Waals surface area contributed by atoms with E-state index in [1.165, 1.54) is 18.5 Å². The van der Waals surface area contributed by atoms with Crippen molar-refractivity contribution in [2.45, 2.75) is 19.7 Å². The summed E-state index contributed by atoms with van der Waals surface area (Å²) in [6.07, 6.45) is -3.55. The number of benzene rings is 3. The van der Waals surface area contributed by atoms with Gasteiger partial charge in [0.15, 0.2) is 0 Å². The Morgan fingerprint density at radius 2 is 1.69 bits per heavy atom. The quantitative estimate of drug-likeness (QED) is 0.203. The number of aliphatic imine (C=N–C) groups is 2. The fourth-order valence-electron chi connectivity index (χ4n) is 2.95. The average Bonchev–Trinajstić information content (AvgIpc) is 2.81. The molecule has 0 spiro atoms. The van der Waals surface area contributed by atoms with Crippen molar-refractivity contribution in [3.8, 4) is 5.75 Å². The Kier molecular flexibility index (Phi) is 8.74. The van der Waals surface area contributed by atoms with E-state index in [0.29, 0.717) is 21.9 Å². The van der Waals surface area contributed by atoms with Gasteiger partial charge in [-0.1, -0.05) is 30.4 Å². The van der Waals surface area contributed by atoms with Crippen LogP contribution >= 0.6 is 12.2 Å². The number of aryl methyl sites for hydroxylation is 1. The van der Waals surface area contributed by atoms with Crippen LogP contribution in [0.3, 0.4) is 0 Å². The molecule has 1 amide bonds. The molecule has 3 aromatic carbocycles. The largest absolute Gasteiger partial charge is 0.573 e. The SMILES string of the molecule is Cc1ccccc1NC(=S)CC(=O)Nc1ccc(C(N)=NC=Nc2ccc(OC(F)(F)F)cc2)cc1. The van der Waals surface area contributed by atoms with Crippen LogP contribution in [0.15, 0.2) is 82.8 Å². The predicted octanol–water partition coefficient (Wildman–Crippen LogP) is 5.73. The van der Waals surface area contributed by atoms with Crippen molar-refractivity contribution in [1.29, 1.82) is 0 Å². The Morgan fingerprint density at radius 1 is 1.03 bits per heavy atom. The molecule has 0 aromatic heterocycles. The molecule has 3 aromatic rings. The van der Waals surface area contributed by atoms with Crippen LogP contribution in [-0.2, 0) is 4.79 Å². The first-order valence-electron chi connectivity index (χ1n) is 10.6. The normalized spacial score (nSPS) is 11.8. The minimum atomic E-state index is -4.76. The van der Waals surface area contributed by atoms with Crippen LogP contribution in [0.1, 0.15) is 17.5 Å². The summed E-state index contributed by atoms with van der Waals surface area (Å²) in [7, 11) is 0. The minimum absolute atomic E-state index is 0.0226. The number of hydrogen-bond acceptors (Lipinski definition) is 4. The first kappa shape index (κ1) is 26.4. The number of amidine groups is 1. The molecule has 0 unspecified atom stereocenters. The average molecular weight is 514 g/mol. The molecule has 11 heteroatoms. The number of nitrogens with zero attached hydrogens (tertiary/aromatic N) is 2. The lowest BCUT2D eigenvalue weighted by atomic mass is 10.2. The molecule has 0 aliphatic rings. The first-order valence-corrected chi connectivity index (χ1v) is 11.0. The molecule has 0 heterocycles. The molecule has 0 saturated carbocycles. The maximum Gasteiger partial charge on any atom is 0.573 e. The highest BCUT2D eigenvalue weighted by Gasteiger charge is 2.30. The molecular weight excluding hydrogens is 491 g/mol. The smallest absolute Gasteiger partial charge is 0.406 e. The Balaban J connectivity index is 1.51. The van der Waals surface area contributed by atoms with Crippen LogP contribution in [0.4, 0.5) is 30.2 Å². The molecule has 36 heavy (non-hydrogen) atoms. The molecule has 0 atom stereocenters. The Hall–Kier alpha value is -4.25. The number of amides is 1. The van der Waals surface area contributed by atoms with Gasteiger partial charge in [-0.15, -0.1) is 13.2 Å². The third-order valence-electron chi connectivity index (χ3n) is 4.68. The second kappa shape index (κ2) is 11.9. The van der Waals surface area contributed by atoms with Crippen LogP contribution in [0, 0.1) is 6.92 Å². The van der Waals surface area contributed by atoms with Gasteiger partial charge in [-0.25, -0.2) is 9.98 Å². The zero-order valence-corrected chi connectivity index (χ0v) is 19.9. The molecule has 0 saturated heterocycles. The van der Waals surface area contributed by atoms with Crippen LogP contribution < -0.4 is 21.1 Å². The van der Waals surface area contributed by atoms with E-state index in [4.69, 9.17) is 18.0 Å². The Morgan fingerprint density at radius 3 is 2.33 bits per heavy atom. The van der Waals surface area contributed by atoms with Gasteiger partial charge >= 0.3 is 6.36 Å². The summed E-state index contributed by atoms with van der Waals surface area (Å²) in [6, 6.07) is 19.3. The summed E-state index contributed by atoms with van der Waals surface area (Å²) < 4.78 is 40.4. The number of carbonyl (C=O) groups excluding carboxylic acids is 1. The zero-order chi connectivity index (χ0) is 26.1. The Labute approximate surface area is 210 Å². The molecule has 0 fully saturated rings. The van der Waals surface area contributed by atoms with E-state index in [0.717, 1.165) is 23.4 Å². The van der Waals surface area contributed by atoms with E-state index in [9.17, 15) is 18.0 Å². The topological polar surface area (TPSA) is 101 Å². The summed E-state index contributed by atoms with van der Waals surface area (Å²) >= 11 is 5.28. The number of nitrogens with two attached hydrogens (primary N) is 1. The second-order valence-electron chi connectivity index (χ2n) is 7.47. The highest BCUT2D eigenvalue weighted by molar-refractivity contribution is 7.80. The van der Waals surface area contributed by atoms with E-state index >= 15 is 0 Å².